The zero-order valence-electron chi connectivity index (χ0n) is 11.9. The molecule has 0 saturated carbocycles. The first kappa shape index (κ1) is 14.6. The van der Waals surface area contributed by atoms with E-state index < -0.39 is 0 Å². The van der Waals surface area contributed by atoms with Crippen LogP contribution in [0.15, 0.2) is 40.4 Å². The molecule has 0 spiro atoms. The molecule has 0 unspecified atom stereocenters. The molecule has 0 bridgehead atoms. The molecule has 5 heteroatoms. The van der Waals surface area contributed by atoms with Gasteiger partial charge in [-0.05, 0) is 17.7 Å². The number of nitriles is 1. The highest BCUT2D eigenvalue weighted by molar-refractivity contribution is 7.99. The summed E-state index contributed by atoms with van der Waals surface area (Å²) in [6.07, 6.45) is 3.75. The van der Waals surface area contributed by atoms with Crippen LogP contribution in [0, 0.1) is 11.3 Å². The monoisotopic (exact) mass is 286 g/mol. The lowest BCUT2D eigenvalue weighted by atomic mass is 10.1. The van der Waals surface area contributed by atoms with Gasteiger partial charge in [-0.2, -0.15) is 10.4 Å². The van der Waals surface area contributed by atoms with Crippen molar-refractivity contribution in [1.82, 2.24) is 15.1 Å². The maximum atomic E-state index is 9.30. The molecule has 0 aliphatic carbocycles. The average Bonchev–Trinajstić information content (AvgIpc) is 2.83. The van der Waals surface area contributed by atoms with E-state index in [2.05, 4.69) is 36.4 Å². The van der Waals surface area contributed by atoms with Crippen LogP contribution in [-0.4, -0.2) is 15.8 Å². The highest BCUT2D eigenvalue weighted by Gasteiger charge is 2.07. The minimum Gasteiger partial charge on any atom is -0.310 e. The van der Waals surface area contributed by atoms with Crippen molar-refractivity contribution in [3.8, 4) is 6.07 Å². The van der Waals surface area contributed by atoms with Gasteiger partial charge < -0.3 is 5.32 Å². The van der Waals surface area contributed by atoms with Gasteiger partial charge in [0.2, 0.25) is 0 Å². The fourth-order valence-corrected chi connectivity index (χ4v) is 2.67. The molecule has 1 aromatic heterocycles. The zero-order valence-corrected chi connectivity index (χ0v) is 12.7. The van der Waals surface area contributed by atoms with Crippen molar-refractivity contribution in [1.29, 1.82) is 5.26 Å². The van der Waals surface area contributed by atoms with E-state index in [0.29, 0.717) is 11.6 Å². The van der Waals surface area contributed by atoms with Crippen molar-refractivity contribution in [2.75, 3.05) is 0 Å². The molecule has 4 nitrogen and oxygen atoms in total. The first-order chi connectivity index (χ1) is 9.58. The summed E-state index contributed by atoms with van der Waals surface area (Å²) in [5, 5.41) is 16.8. The lowest BCUT2D eigenvalue weighted by Gasteiger charge is -2.09. The van der Waals surface area contributed by atoms with Crippen LogP contribution in [0.1, 0.15) is 25.0 Å². The van der Waals surface area contributed by atoms with Gasteiger partial charge in [0.15, 0.2) is 0 Å². The molecule has 1 N–H and O–H groups in total. The number of nitrogens with one attached hydrogen (secondary N) is 1. The van der Waals surface area contributed by atoms with Gasteiger partial charge in [-0.15, -0.1) is 0 Å². The molecular formula is C15H18N4S. The molecule has 2 rings (SSSR count). The number of rotatable bonds is 5. The lowest BCUT2D eigenvalue weighted by Crippen LogP contribution is -2.21. The first-order valence-corrected chi connectivity index (χ1v) is 7.33. The van der Waals surface area contributed by atoms with E-state index in [-0.39, 0.29) is 0 Å². The van der Waals surface area contributed by atoms with Gasteiger partial charge in [0.25, 0.3) is 0 Å². The topological polar surface area (TPSA) is 53.6 Å². The van der Waals surface area contributed by atoms with E-state index in [1.165, 1.54) is 0 Å². The summed E-state index contributed by atoms with van der Waals surface area (Å²) in [6, 6.07) is 8.73. The van der Waals surface area contributed by atoms with Crippen LogP contribution in [0.3, 0.4) is 0 Å². The van der Waals surface area contributed by atoms with E-state index in [1.807, 2.05) is 25.4 Å². The largest absolute Gasteiger partial charge is 0.310 e. The Morgan fingerprint density at radius 1 is 1.45 bits per heavy atom. The zero-order chi connectivity index (χ0) is 14.5. The maximum Gasteiger partial charge on any atom is 0.100 e. The number of aromatic nitrogens is 2. The van der Waals surface area contributed by atoms with Crippen molar-refractivity contribution < 1.29 is 0 Å². The third kappa shape index (κ3) is 3.86. The van der Waals surface area contributed by atoms with Crippen molar-refractivity contribution in [3.05, 3.63) is 41.7 Å². The Morgan fingerprint density at radius 3 is 2.85 bits per heavy atom. The van der Waals surface area contributed by atoms with Crippen LogP contribution in [0.25, 0.3) is 0 Å². The summed E-state index contributed by atoms with van der Waals surface area (Å²) < 4.78 is 1.76. The predicted octanol–water partition coefficient (Wildman–Crippen LogP) is 2.94. The van der Waals surface area contributed by atoms with Gasteiger partial charge in [0.05, 0.1) is 16.7 Å². The molecule has 0 radical (unpaired) electrons. The summed E-state index contributed by atoms with van der Waals surface area (Å²) in [7, 11) is 1.88. The Bertz CT molecular complexity index is 625. The summed E-state index contributed by atoms with van der Waals surface area (Å²) in [5.74, 6) is 0. The van der Waals surface area contributed by atoms with E-state index in [0.717, 1.165) is 21.9 Å². The molecule has 1 aromatic carbocycles. The number of nitrogens with zero attached hydrogens (tertiary/aromatic N) is 3. The van der Waals surface area contributed by atoms with Crippen LogP contribution >= 0.6 is 11.8 Å². The molecule has 0 saturated heterocycles. The van der Waals surface area contributed by atoms with E-state index in [4.69, 9.17) is 0 Å². The second-order valence-corrected chi connectivity index (χ2v) is 6.05. The lowest BCUT2D eigenvalue weighted by molar-refractivity contribution is 0.588. The van der Waals surface area contributed by atoms with Gasteiger partial charge >= 0.3 is 0 Å². The van der Waals surface area contributed by atoms with Crippen molar-refractivity contribution in [3.63, 3.8) is 0 Å². The maximum absolute atomic E-state index is 9.30. The molecule has 1 heterocycles. The normalized spacial score (nSPS) is 10.8. The van der Waals surface area contributed by atoms with Gasteiger partial charge in [0.1, 0.15) is 6.07 Å². The quantitative estimate of drug-likeness (QED) is 0.918. The molecule has 0 fully saturated rings. The molecule has 0 amide bonds. The Labute approximate surface area is 123 Å². The fraction of sp³-hybridized carbons (Fsp3) is 0.333. The van der Waals surface area contributed by atoms with Crippen LogP contribution < -0.4 is 5.32 Å². The van der Waals surface area contributed by atoms with Crippen molar-refractivity contribution in [2.24, 2.45) is 7.05 Å². The second kappa shape index (κ2) is 6.60. The molecule has 0 aliphatic rings. The Balaban J connectivity index is 2.16. The van der Waals surface area contributed by atoms with Crippen LogP contribution in [-0.2, 0) is 13.6 Å². The van der Waals surface area contributed by atoms with Crippen LogP contribution in [0.4, 0.5) is 0 Å². The summed E-state index contributed by atoms with van der Waals surface area (Å²) in [4.78, 5) is 2.01. The average molecular weight is 286 g/mol. The molecular weight excluding hydrogens is 268 g/mol. The van der Waals surface area contributed by atoms with Crippen LogP contribution in [0.5, 0.6) is 0 Å². The summed E-state index contributed by atoms with van der Waals surface area (Å²) in [5.41, 5.74) is 1.84. The minimum atomic E-state index is 0.435. The summed E-state index contributed by atoms with van der Waals surface area (Å²) >= 11 is 1.57. The SMILES string of the molecule is CC(C)NCc1ccc(Sc2cnn(C)c2)c(C#N)c1. The standard InChI is InChI=1S/C15H18N4S/c1-11(2)17-8-12-4-5-15(13(6-12)7-16)20-14-9-18-19(3)10-14/h4-6,9-11,17H,8H2,1-3H3. The first-order valence-electron chi connectivity index (χ1n) is 6.51. The molecule has 2 aromatic rings. The number of benzene rings is 1. The number of hydrogen-bond donors (Lipinski definition) is 1. The van der Waals surface area contributed by atoms with Gasteiger partial charge in [-0.1, -0.05) is 31.7 Å². The Morgan fingerprint density at radius 2 is 2.25 bits per heavy atom. The van der Waals surface area contributed by atoms with Gasteiger partial charge in [0, 0.05) is 30.7 Å². The third-order valence-corrected chi connectivity index (χ3v) is 3.81. The second-order valence-electron chi connectivity index (χ2n) is 4.93. The smallest absolute Gasteiger partial charge is 0.100 e. The Hall–Kier alpha value is -1.77. The summed E-state index contributed by atoms with van der Waals surface area (Å²) in [6.45, 7) is 5.00. The van der Waals surface area contributed by atoms with Crippen LogP contribution in [0.2, 0.25) is 0 Å². The Kier molecular flexibility index (Phi) is 4.83. The minimum absolute atomic E-state index is 0.435. The molecule has 0 atom stereocenters. The highest BCUT2D eigenvalue weighted by Crippen LogP contribution is 2.30. The van der Waals surface area contributed by atoms with Gasteiger partial charge in [-0.25, -0.2) is 0 Å². The third-order valence-electron chi connectivity index (χ3n) is 2.79. The van der Waals surface area contributed by atoms with E-state index >= 15 is 0 Å². The molecule has 104 valence electrons. The van der Waals surface area contributed by atoms with Gasteiger partial charge in [-0.3, -0.25) is 4.68 Å². The number of aryl methyl sites for hydroxylation is 1. The number of hydrogen-bond acceptors (Lipinski definition) is 4. The van der Waals surface area contributed by atoms with E-state index in [1.54, 1.807) is 22.6 Å². The van der Waals surface area contributed by atoms with Crippen molar-refractivity contribution >= 4 is 11.8 Å². The highest BCUT2D eigenvalue weighted by atomic mass is 32.2. The van der Waals surface area contributed by atoms with Crippen molar-refractivity contribution in [2.45, 2.75) is 36.2 Å². The molecule has 0 aliphatic heterocycles. The predicted molar refractivity (Wildman–Crippen MR) is 80.5 cm³/mol. The fourth-order valence-electron chi connectivity index (χ4n) is 1.76. The molecule has 20 heavy (non-hydrogen) atoms. The van der Waals surface area contributed by atoms with E-state index in [9.17, 15) is 5.26 Å².